The standard InChI is InChI=1S/C17H28FN/c1-12(2)10-19-11-15(5)14(4)8-16-9-17(18)7-6-13(16)3/h6-7,9,12,14-15,19H,8,10-11H2,1-5H3. The fourth-order valence-corrected chi connectivity index (χ4v) is 2.21. The van der Waals surface area contributed by atoms with Gasteiger partial charge in [-0.25, -0.2) is 4.39 Å². The van der Waals surface area contributed by atoms with Crippen LogP contribution in [-0.2, 0) is 6.42 Å². The van der Waals surface area contributed by atoms with E-state index in [1.807, 2.05) is 6.07 Å². The minimum Gasteiger partial charge on any atom is -0.316 e. The third-order valence-electron chi connectivity index (χ3n) is 3.84. The molecule has 0 heterocycles. The molecule has 1 nitrogen and oxygen atoms in total. The molecule has 1 aromatic carbocycles. The van der Waals surface area contributed by atoms with Crippen LogP contribution in [0.15, 0.2) is 18.2 Å². The Bertz CT molecular complexity index is 387. The maximum atomic E-state index is 13.3. The molecule has 19 heavy (non-hydrogen) atoms. The van der Waals surface area contributed by atoms with Gasteiger partial charge in [-0.2, -0.15) is 0 Å². The van der Waals surface area contributed by atoms with E-state index in [1.54, 1.807) is 6.07 Å². The summed E-state index contributed by atoms with van der Waals surface area (Å²) in [6.07, 6.45) is 0.952. The van der Waals surface area contributed by atoms with Gasteiger partial charge in [-0.1, -0.05) is 33.8 Å². The van der Waals surface area contributed by atoms with Crippen molar-refractivity contribution in [2.24, 2.45) is 17.8 Å². The number of nitrogens with one attached hydrogen (secondary N) is 1. The van der Waals surface area contributed by atoms with Crippen LogP contribution in [0.4, 0.5) is 4.39 Å². The summed E-state index contributed by atoms with van der Waals surface area (Å²) in [5.41, 5.74) is 2.33. The molecular formula is C17H28FN. The number of hydrogen-bond donors (Lipinski definition) is 1. The predicted molar refractivity (Wildman–Crippen MR) is 80.9 cm³/mol. The summed E-state index contributed by atoms with van der Waals surface area (Å²) in [5, 5.41) is 3.50. The Balaban J connectivity index is 2.49. The van der Waals surface area contributed by atoms with Gasteiger partial charge in [-0.3, -0.25) is 0 Å². The molecule has 1 rings (SSSR count). The Morgan fingerprint density at radius 1 is 1.05 bits per heavy atom. The summed E-state index contributed by atoms with van der Waals surface area (Å²) in [7, 11) is 0. The lowest BCUT2D eigenvalue weighted by Gasteiger charge is -2.22. The van der Waals surface area contributed by atoms with Crippen LogP contribution in [0.2, 0.25) is 0 Å². The highest BCUT2D eigenvalue weighted by Gasteiger charge is 2.14. The van der Waals surface area contributed by atoms with Gasteiger partial charge in [0.1, 0.15) is 5.82 Å². The number of benzene rings is 1. The molecule has 0 aliphatic carbocycles. The minimum atomic E-state index is -0.126. The van der Waals surface area contributed by atoms with Gasteiger partial charge in [-0.15, -0.1) is 0 Å². The van der Waals surface area contributed by atoms with Crippen LogP contribution in [0.1, 0.15) is 38.8 Å². The number of halogens is 1. The van der Waals surface area contributed by atoms with E-state index in [0.29, 0.717) is 17.8 Å². The van der Waals surface area contributed by atoms with E-state index in [2.05, 4.69) is 39.9 Å². The second-order valence-corrected chi connectivity index (χ2v) is 6.28. The molecule has 0 aliphatic rings. The normalized spacial score (nSPS) is 14.7. The van der Waals surface area contributed by atoms with Crippen LogP contribution in [0.3, 0.4) is 0 Å². The van der Waals surface area contributed by atoms with E-state index in [1.165, 1.54) is 11.6 Å². The van der Waals surface area contributed by atoms with Crippen molar-refractivity contribution in [3.8, 4) is 0 Å². The second kappa shape index (κ2) is 7.64. The fraction of sp³-hybridized carbons (Fsp3) is 0.647. The summed E-state index contributed by atoms with van der Waals surface area (Å²) in [6.45, 7) is 13.1. The van der Waals surface area contributed by atoms with Crippen molar-refractivity contribution >= 4 is 0 Å². The van der Waals surface area contributed by atoms with Crippen molar-refractivity contribution in [3.63, 3.8) is 0 Å². The molecule has 108 valence electrons. The Morgan fingerprint density at radius 3 is 2.37 bits per heavy atom. The molecule has 2 unspecified atom stereocenters. The highest BCUT2D eigenvalue weighted by Crippen LogP contribution is 2.20. The van der Waals surface area contributed by atoms with Crippen molar-refractivity contribution in [1.29, 1.82) is 0 Å². The third-order valence-corrected chi connectivity index (χ3v) is 3.84. The van der Waals surface area contributed by atoms with Gasteiger partial charge in [0.05, 0.1) is 0 Å². The van der Waals surface area contributed by atoms with Crippen molar-refractivity contribution in [1.82, 2.24) is 5.32 Å². The molecule has 1 N–H and O–H groups in total. The van der Waals surface area contributed by atoms with Crippen LogP contribution in [0.25, 0.3) is 0 Å². The highest BCUT2D eigenvalue weighted by molar-refractivity contribution is 5.26. The van der Waals surface area contributed by atoms with E-state index >= 15 is 0 Å². The molecule has 0 radical (unpaired) electrons. The minimum absolute atomic E-state index is 0.126. The van der Waals surface area contributed by atoms with E-state index in [-0.39, 0.29) is 5.82 Å². The summed E-state index contributed by atoms with van der Waals surface area (Å²) < 4.78 is 13.3. The monoisotopic (exact) mass is 265 g/mol. The molecule has 0 spiro atoms. The molecule has 0 saturated heterocycles. The maximum Gasteiger partial charge on any atom is 0.123 e. The first-order chi connectivity index (χ1) is 8.90. The van der Waals surface area contributed by atoms with Gasteiger partial charge >= 0.3 is 0 Å². The largest absolute Gasteiger partial charge is 0.316 e. The van der Waals surface area contributed by atoms with E-state index in [9.17, 15) is 4.39 Å². The number of aryl methyl sites for hydroxylation is 1. The summed E-state index contributed by atoms with van der Waals surface area (Å²) in [6, 6.07) is 5.09. The second-order valence-electron chi connectivity index (χ2n) is 6.28. The molecule has 0 bridgehead atoms. The average Bonchev–Trinajstić information content (AvgIpc) is 2.33. The Labute approximate surface area is 117 Å². The van der Waals surface area contributed by atoms with Crippen LogP contribution in [-0.4, -0.2) is 13.1 Å². The quantitative estimate of drug-likeness (QED) is 0.779. The number of hydrogen-bond acceptors (Lipinski definition) is 1. The van der Waals surface area contributed by atoms with Gasteiger partial charge in [0.2, 0.25) is 0 Å². The topological polar surface area (TPSA) is 12.0 Å². The summed E-state index contributed by atoms with van der Waals surface area (Å²) in [4.78, 5) is 0. The van der Waals surface area contributed by atoms with Crippen molar-refractivity contribution in [2.45, 2.75) is 41.0 Å². The van der Waals surface area contributed by atoms with Gasteiger partial charge in [0.15, 0.2) is 0 Å². The molecule has 0 fully saturated rings. The zero-order valence-corrected chi connectivity index (χ0v) is 13.0. The Hall–Kier alpha value is -0.890. The number of rotatable bonds is 7. The molecule has 0 amide bonds. The zero-order valence-electron chi connectivity index (χ0n) is 13.0. The van der Waals surface area contributed by atoms with Gasteiger partial charge in [0.25, 0.3) is 0 Å². The van der Waals surface area contributed by atoms with Crippen molar-refractivity contribution in [3.05, 3.63) is 35.1 Å². The maximum absolute atomic E-state index is 13.3. The fourth-order valence-electron chi connectivity index (χ4n) is 2.21. The Kier molecular flexibility index (Phi) is 6.50. The van der Waals surface area contributed by atoms with E-state index in [0.717, 1.165) is 25.1 Å². The van der Waals surface area contributed by atoms with Gasteiger partial charge < -0.3 is 5.32 Å². The predicted octanol–water partition coefficient (Wildman–Crippen LogP) is 4.19. The summed E-state index contributed by atoms with van der Waals surface area (Å²) in [5.74, 6) is 1.72. The van der Waals surface area contributed by atoms with Gasteiger partial charge in [-0.05, 0) is 67.4 Å². The molecule has 0 aromatic heterocycles. The molecule has 0 aliphatic heterocycles. The van der Waals surface area contributed by atoms with E-state index in [4.69, 9.17) is 0 Å². The molecular weight excluding hydrogens is 237 g/mol. The first-order valence-electron chi connectivity index (χ1n) is 7.36. The van der Waals surface area contributed by atoms with Crippen molar-refractivity contribution < 1.29 is 4.39 Å². The molecule has 2 heteroatoms. The highest BCUT2D eigenvalue weighted by atomic mass is 19.1. The van der Waals surface area contributed by atoms with Gasteiger partial charge in [0, 0.05) is 0 Å². The van der Waals surface area contributed by atoms with Crippen LogP contribution in [0.5, 0.6) is 0 Å². The Morgan fingerprint density at radius 2 is 1.74 bits per heavy atom. The lowest BCUT2D eigenvalue weighted by atomic mass is 9.88. The molecule has 0 saturated carbocycles. The lowest BCUT2D eigenvalue weighted by molar-refractivity contribution is 0.356. The average molecular weight is 265 g/mol. The van der Waals surface area contributed by atoms with E-state index < -0.39 is 0 Å². The van der Waals surface area contributed by atoms with Crippen LogP contribution in [0, 0.1) is 30.5 Å². The lowest BCUT2D eigenvalue weighted by Crippen LogP contribution is -2.29. The SMILES string of the molecule is Cc1ccc(F)cc1CC(C)C(C)CNCC(C)C. The van der Waals surface area contributed by atoms with Crippen LogP contribution >= 0.6 is 0 Å². The zero-order chi connectivity index (χ0) is 14.4. The smallest absolute Gasteiger partial charge is 0.123 e. The van der Waals surface area contributed by atoms with Crippen LogP contribution < -0.4 is 5.32 Å². The summed E-state index contributed by atoms with van der Waals surface area (Å²) >= 11 is 0. The first kappa shape index (κ1) is 16.2. The van der Waals surface area contributed by atoms with Crippen molar-refractivity contribution in [2.75, 3.05) is 13.1 Å². The first-order valence-corrected chi connectivity index (χ1v) is 7.36. The molecule has 1 aromatic rings. The molecule has 2 atom stereocenters. The third kappa shape index (κ3) is 5.73.